The number of ether oxygens (including phenoxy) is 1. The molecule has 1 atom stereocenters. The molecule has 0 spiro atoms. The Bertz CT molecular complexity index is 812. The fourth-order valence-electron chi connectivity index (χ4n) is 2.93. The Morgan fingerprint density at radius 1 is 1.42 bits per heavy atom. The summed E-state index contributed by atoms with van der Waals surface area (Å²) >= 11 is 0. The van der Waals surface area contributed by atoms with Crippen LogP contribution in [0.3, 0.4) is 0 Å². The monoisotopic (exact) mass is 356 g/mol. The fraction of sp³-hybridized carbons (Fsp3) is 0.500. The molecular formula is C20H28N4O2. The molecule has 2 rings (SSSR count). The molecule has 3 N–H and O–H groups in total. The van der Waals surface area contributed by atoms with Crippen molar-refractivity contribution in [3.05, 3.63) is 23.8 Å². The van der Waals surface area contributed by atoms with Crippen LogP contribution in [0.25, 0.3) is 11.0 Å². The standard InChI is InChI=1S/C20H28N4O2/c1-6-15-11-9-12-16-17(15)24(18(21)23-16)14(2)10-7-8-13-22-19(25)26-20(3,4)5/h1,9,11-12,14H,7-8,10,13H2,2-5H3,(H2,21,23)(H,22,25). The van der Waals surface area contributed by atoms with E-state index < -0.39 is 5.60 Å². The maximum Gasteiger partial charge on any atom is 0.407 e. The van der Waals surface area contributed by atoms with Crippen molar-refractivity contribution in [2.45, 2.75) is 58.6 Å². The van der Waals surface area contributed by atoms with Gasteiger partial charge in [-0.1, -0.05) is 12.0 Å². The first-order valence-electron chi connectivity index (χ1n) is 8.93. The molecule has 2 aromatic rings. The van der Waals surface area contributed by atoms with E-state index >= 15 is 0 Å². The van der Waals surface area contributed by atoms with E-state index in [1.165, 1.54) is 0 Å². The second-order valence-electron chi connectivity index (χ2n) is 7.43. The van der Waals surface area contributed by atoms with Crippen molar-refractivity contribution in [2.24, 2.45) is 0 Å². The number of anilines is 1. The van der Waals surface area contributed by atoms with Gasteiger partial charge in [-0.3, -0.25) is 0 Å². The fourth-order valence-corrected chi connectivity index (χ4v) is 2.93. The van der Waals surface area contributed by atoms with Gasteiger partial charge in [-0.2, -0.15) is 0 Å². The lowest BCUT2D eigenvalue weighted by atomic mass is 10.1. The molecule has 0 fully saturated rings. The molecule has 1 aromatic carbocycles. The Kier molecular flexibility index (Phi) is 6.14. The van der Waals surface area contributed by atoms with E-state index in [9.17, 15) is 4.79 Å². The molecule has 1 heterocycles. The Morgan fingerprint density at radius 2 is 2.15 bits per heavy atom. The maximum absolute atomic E-state index is 11.6. The molecule has 6 heteroatoms. The number of imidazole rings is 1. The Hall–Kier alpha value is -2.68. The number of para-hydroxylation sites is 1. The number of nitrogens with one attached hydrogen (secondary N) is 1. The van der Waals surface area contributed by atoms with Gasteiger partial charge < -0.3 is 20.4 Å². The molecule has 1 amide bonds. The van der Waals surface area contributed by atoms with Crippen LogP contribution in [0.2, 0.25) is 0 Å². The Balaban J connectivity index is 1.90. The molecule has 1 aromatic heterocycles. The zero-order chi connectivity index (χ0) is 19.3. The summed E-state index contributed by atoms with van der Waals surface area (Å²) in [5, 5.41) is 2.78. The molecule has 1 unspecified atom stereocenters. The van der Waals surface area contributed by atoms with Crippen LogP contribution >= 0.6 is 0 Å². The zero-order valence-corrected chi connectivity index (χ0v) is 16.0. The zero-order valence-electron chi connectivity index (χ0n) is 16.0. The van der Waals surface area contributed by atoms with Gasteiger partial charge in [0, 0.05) is 12.6 Å². The number of nitrogens with two attached hydrogens (primary N) is 1. The van der Waals surface area contributed by atoms with Gasteiger partial charge in [0.25, 0.3) is 0 Å². The number of hydrogen-bond donors (Lipinski definition) is 2. The van der Waals surface area contributed by atoms with Crippen molar-refractivity contribution in [2.75, 3.05) is 12.3 Å². The number of carbonyl (C=O) groups excluding carboxylic acids is 1. The summed E-state index contributed by atoms with van der Waals surface area (Å²) in [4.78, 5) is 16.0. The van der Waals surface area contributed by atoms with Gasteiger partial charge in [0.1, 0.15) is 5.60 Å². The number of terminal acetylenes is 1. The van der Waals surface area contributed by atoms with E-state index in [2.05, 4.69) is 23.1 Å². The minimum Gasteiger partial charge on any atom is -0.444 e. The topological polar surface area (TPSA) is 82.2 Å². The van der Waals surface area contributed by atoms with Crippen molar-refractivity contribution < 1.29 is 9.53 Å². The molecule has 0 aliphatic heterocycles. The summed E-state index contributed by atoms with van der Waals surface area (Å²) in [7, 11) is 0. The van der Waals surface area contributed by atoms with Crippen molar-refractivity contribution in [1.82, 2.24) is 14.9 Å². The van der Waals surface area contributed by atoms with Crippen LogP contribution in [0, 0.1) is 12.3 Å². The van der Waals surface area contributed by atoms with Gasteiger partial charge in [0.05, 0.1) is 16.6 Å². The molecular weight excluding hydrogens is 328 g/mol. The molecule has 6 nitrogen and oxygen atoms in total. The highest BCUT2D eigenvalue weighted by atomic mass is 16.6. The third-order valence-electron chi connectivity index (χ3n) is 4.05. The number of nitrogen functional groups attached to an aromatic ring is 1. The lowest BCUT2D eigenvalue weighted by Gasteiger charge is -2.20. The molecule has 0 aliphatic rings. The van der Waals surface area contributed by atoms with Crippen molar-refractivity contribution in [3.63, 3.8) is 0 Å². The normalized spacial score (nSPS) is 12.6. The maximum atomic E-state index is 11.6. The number of hydrogen-bond acceptors (Lipinski definition) is 4. The van der Waals surface area contributed by atoms with E-state index in [0.717, 1.165) is 35.9 Å². The van der Waals surface area contributed by atoms with E-state index in [0.29, 0.717) is 12.5 Å². The first-order chi connectivity index (χ1) is 12.2. The minimum absolute atomic E-state index is 0.163. The lowest BCUT2D eigenvalue weighted by Crippen LogP contribution is -2.33. The van der Waals surface area contributed by atoms with Crippen molar-refractivity contribution in [3.8, 4) is 12.3 Å². The third-order valence-corrected chi connectivity index (χ3v) is 4.05. The summed E-state index contributed by atoms with van der Waals surface area (Å²) in [5.41, 5.74) is 8.16. The highest BCUT2D eigenvalue weighted by Gasteiger charge is 2.17. The summed E-state index contributed by atoms with van der Waals surface area (Å²) in [6.07, 6.45) is 7.95. The smallest absolute Gasteiger partial charge is 0.407 e. The SMILES string of the molecule is C#Cc1cccc2nc(N)n(C(C)CCCCNC(=O)OC(C)(C)C)c12. The number of unbranched alkanes of at least 4 members (excludes halogenated alkanes) is 1. The molecule has 0 saturated carbocycles. The largest absolute Gasteiger partial charge is 0.444 e. The summed E-state index contributed by atoms with van der Waals surface area (Å²) < 4.78 is 7.22. The number of rotatable bonds is 6. The van der Waals surface area contributed by atoms with E-state index in [1.54, 1.807) is 0 Å². The number of amides is 1. The van der Waals surface area contributed by atoms with E-state index in [4.69, 9.17) is 16.9 Å². The van der Waals surface area contributed by atoms with Gasteiger partial charge in [-0.25, -0.2) is 9.78 Å². The van der Waals surface area contributed by atoms with E-state index in [1.807, 2.05) is 43.5 Å². The van der Waals surface area contributed by atoms with Crippen LogP contribution in [0.4, 0.5) is 10.7 Å². The predicted molar refractivity (Wildman–Crippen MR) is 105 cm³/mol. The number of nitrogens with zero attached hydrogens (tertiary/aromatic N) is 2. The van der Waals surface area contributed by atoms with Crippen LogP contribution in [0.15, 0.2) is 18.2 Å². The average Bonchev–Trinajstić information content (AvgIpc) is 2.88. The Morgan fingerprint density at radius 3 is 2.81 bits per heavy atom. The molecule has 0 saturated heterocycles. The van der Waals surface area contributed by atoms with Crippen LogP contribution in [0.1, 0.15) is 58.6 Å². The molecule has 0 aliphatic carbocycles. The summed E-state index contributed by atoms with van der Waals surface area (Å²) in [6.45, 7) is 8.22. The lowest BCUT2D eigenvalue weighted by molar-refractivity contribution is 0.0527. The highest BCUT2D eigenvalue weighted by molar-refractivity contribution is 5.84. The predicted octanol–water partition coefficient (Wildman–Crippen LogP) is 3.86. The minimum atomic E-state index is -0.479. The molecule has 0 bridgehead atoms. The summed E-state index contributed by atoms with van der Waals surface area (Å²) in [5.74, 6) is 3.18. The van der Waals surface area contributed by atoms with Crippen LogP contribution in [-0.2, 0) is 4.74 Å². The second kappa shape index (κ2) is 8.13. The number of benzene rings is 1. The number of aromatic nitrogens is 2. The van der Waals surface area contributed by atoms with Crippen molar-refractivity contribution in [1.29, 1.82) is 0 Å². The number of alkyl carbamates (subject to hydrolysis) is 1. The van der Waals surface area contributed by atoms with Gasteiger partial charge in [-0.15, -0.1) is 6.42 Å². The third kappa shape index (κ3) is 4.92. The van der Waals surface area contributed by atoms with Gasteiger partial charge >= 0.3 is 6.09 Å². The Labute approximate surface area is 155 Å². The van der Waals surface area contributed by atoms with Crippen LogP contribution in [0.5, 0.6) is 0 Å². The number of fused-ring (bicyclic) bond motifs is 1. The van der Waals surface area contributed by atoms with Crippen molar-refractivity contribution >= 4 is 23.1 Å². The van der Waals surface area contributed by atoms with Crippen LogP contribution in [-0.4, -0.2) is 27.8 Å². The molecule has 140 valence electrons. The first kappa shape index (κ1) is 19.6. The quantitative estimate of drug-likeness (QED) is 0.608. The molecule has 26 heavy (non-hydrogen) atoms. The summed E-state index contributed by atoms with van der Waals surface area (Å²) in [6, 6.07) is 5.87. The van der Waals surface area contributed by atoms with Gasteiger partial charge in [0.2, 0.25) is 5.95 Å². The van der Waals surface area contributed by atoms with Gasteiger partial charge in [0.15, 0.2) is 0 Å². The molecule has 0 radical (unpaired) electrons. The second-order valence-corrected chi connectivity index (χ2v) is 7.43. The average molecular weight is 356 g/mol. The highest BCUT2D eigenvalue weighted by Crippen LogP contribution is 2.27. The van der Waals surface area contributed by atoms with E-state index in [-0.39, 0.29) is 12.1 Å². The first-order valence-corrected chi connectivity index (χ1v) is 8.93. The van der Waals surface area contributed by atoms with Crippen LogP contribution < -0.4 is 11.1 Å². The number of carbonyl (C=O) groups is 1. The van der Waals surface area contributed by atoms with Gasteiger partial charge in [-0.05, 0) is 59.1 Å².